The maximum atomic E-state index is 12.7. The zero-order valence-corrected chi connectivity index (χ0v) is 17.5. The lowest BCUT2D eigenvalue weighted by molar-refractivity contribution is -0.128. The van der Waals surface area contributed by atoms with E-state index in [0.29, 0.717) is 25.1 Å². The van der Waals surface area contributed by atoms with Gasteiger partial charge in [0, 0.05) is 38.2 Å². The molecule has 154 valence electrons. The summed E-state index contributed by atoms with van der Waals surface area (Å²) in [6, 6.07) is 15.9. The van der Waals surface area contributed by atoms with E-state index < -0.39 is 0 Å². The van der Waals surface area contributed by atoms with E-state index in [9.17, 15) is 9.59 Å². The molecule has 0 atom stereocenters. The second-order valence-electron chi connectivity index (χ2n) is 7.53. The number of nitrogens with one attached hydrogen (secondary N) is 1. The smallest absolute Gasteiger partial charge is 0.251 e. The Hall–Kier alpha value is -2.66. The number of carbonyl (C=O) groups is 2. The molecule has 29 heavy (non-hydrogen) atoms. The number of amides is 2. The van der Waals surface area contributed by atoms with Crippen LogP contribution in [0, 0.1) is 0 Å². The van der Waals surface area contributed by atoms with Crippen LogP contribution in [-0.4, -0.2) is 41.2 Å². The molecule has 0 aromatic heterocycles. The molecule has 1 fully saturated rings. The highest BCUT2D eigenvalue weighted by atomic mass is 16.2. The van der Waals surface area contributed by atoms with Gasteiger partial charge in [0.1, 0.15) is 0 Å². The summed E-state index contributed by atoms with van der Waals surface area (Å²) in [5, 5.41) is 3.06. The van der Waals surface area contributed by atoms with Crippen LogP contribution < -0.4 is 5.32 Å². The minimum absolute atomic E-state index is 0.0859. The summed E-state index contributed by atoms with van der Waals surface area (Å²) < 4.78 is 0. The van der Waals surface area contributed by atoms with E-state index in [-0.39, 0.29) is 11.8 Å². The first kappa shape index (κ1) is 21.1. The Bertz CT molecular complexity index is 846. The predicted molar refractivity (Wildman–Crippen MR) is 115 cm³/mol. The number of nitrogens with zero attached hydrogens (tertiary/aromatic N) is 2. The normalized spacial score (nSPS) is 13.9. The minimum Gasteiger partial charge on any atom is -0.348 e. The average molecular weight is 394 g/mol. The lowest BCUT2D eigenvalue weighted by Crippen LogP contribution is -2.26. The SMILES string of the molecule is CCN(CC)Cc1ccccc1CNC(=O)c1cccc(CN2CCCC2=O)c1. The van der Waals surface area contributed by atoms with Crippen LogP contribution in [0.3, 0.4) is 0 Å². The lowest BCUT2D eigenvalue weighted by Gasteiger charge is -2.20. The lowest BCUT2D eigenvalue weighted by atomic mass is 10.1. The fraction of sp³-hybridized carbons (Fsp3) is 0.417. The third kappa shape index (κ3) is 5.67. The number of carbonyl (C=O) groups excluding carboxylic acids is 2. The molecule has 2 amide bonds. The molecule has 0 bridgehead atoms. The highest BCUT2D eigenvalue weighted by Crippen LogP contribution is 2.16. The van der Waals surface area contributed by atoms with Gasteiger partial charge in [0.05, 0.1) is 0 Å². The van der Waals surface area contributed by atoms with Gasteiger partial charge >= 0.3 is 0 Å². The first-order chi connectivity index (χ1) is 14.1. The van der Waals surface area contributed by atoms with Crippen LogP contribution in [0.5, 0.6) is 0 Å². The van der Waals surface area contributed by atoms with Gasteiger partial charge in [-0.25, -0.2) is 0 Å². The highest BCUT2D eigenvalue weighted by molar-refractivity contribution is 5.94. The largest absolute Gasteiger partial charge is 0.348 e. The zero-order valence-electron chi connectivity index (χ0n) is 17.5. The molecular formula is C24H31N3O2. The van der Waals surface area contributed by atoms with Crippen molar-refractivity contribution in [1.29, 1.82) is 0 Å². The van der Waals surface area contributed by atoms with Crippen LogP contribution in [0.1, 0.15) is 53.7 Å². The van der Waals surface area contributed by atoms with Crippen molar-refractivity contribution in [2.45, 2.75) is 46.3 Å². The van der Waals surface area contributed by atoms with E-state index in [1.165, 1.54) is 5.56 Å². The van der Waals surface area contributed by atoms with Gasteiger partial charge in [-0.15, -0.1) is 0 Å². The van der Waals surface area contributed by atoms with E-state index in [0.717, 1.165) is 43.7 Å². The van der Waals surface area contributed by atoms with Crippen molar-refractivity contribution in [3.63, 3.8) is 0 Å². The topological polar surface area (TPSA) is 52.7 Å². The van der Waals surface area contributed by atoms with Crippen molar-refractivity contribution in [2.75, 3.05) is 19.6 Å². The molecule has 0 unspecified atom stereocenters. The monoisotopic (exact) mass is 393 g/mol. The maximum absolute atomic E-state index is 12.7. The van der Waals surface area contributed by atoms with Crippen LogP contribution in [0.15, 0.2) is 48.5 Å². The van der Waals surface area contributed by atoms with Gasteiger partial charge < -0.3 is 10.2 Å². The molecule has 0 spiro atoms. The fourth-order valence-electron chi connectivity index (χ4n) is 3.75. The molecule has 5 heteroatoms. The van der Waals surface area contributed by atoms with Gasteiger partial charge in [-0.05, 0) is 48.3 Å². The van der Waals surface area contributed by atoms with E-state index in [1.54, 1.807) is 0 Å². The van der Waals surface area contributed by atoms with Crippen molar-refractivity contribution in [2.24, 2.45) is 0 Å². The molecule has 0 radical (unpaired) electrons. The van der Waals surface area contributed by atoms with Gasteiger partial charge in [-0.3, -0.25) is 14.5 Å². The van der Waals surface area contributed by atoms with Crippen molar-refractivity contribution in [3.05, 3.63) is 70.8 Å². The number of likely N-dealkylation sites (tertiary alicyclic amines) is 1. The van der Waals surface area contributed by atoms with Crippen LogP contribution >= 0.6 is 0 Å². The van der Waals surface area contributed by atoms with E-state index in [1.807, 2.05) is 41.3 Å². The van der Waals surface area contributed by atoms with E-state index in [2.05, 4.69) is 36.2 Å². The Morgan fingerprint density at radius 1 is 1.07 bits per heavy atom. The van der Waals surface area contributed by atoms with Crippen LogP contribution in [-0.2, 0) is 24.4 Å². The second-order valence-corrected chi connectivity index (χ2v) is 7.53. The van der Waals surface area contributed by atoms with Gasteiger partial charge in [-0.2, -0.15) is 0 Å². The molecule has 1 N–H and O–H groups in total. The molecule has 3 rings (SSSR count). The molecule has 2 aromatic rings. The molecule has 1 saturated heterocycles. The summed E-state index contributed by atoms with van der Waals surface area (Å²) in [6.45, 7) is 9.11. The summed E-state index contributed by atoms with van der Waals surface area (Å²) in [5.74, 6) is 0.113. The number of rotatable bonds is 9. The quantitative estimate of drug-likeness (QED) is 0.708. The summed E-state index contributed by atoms with van der Waals surface area (Å²) in [7, 11) is 0. The van der Waals surface area contributed by atoms with Gasteiger partial charge in [0.25, 0.3) is 5.91 Å². The molecule has 1 aliphatic rings. The Balaban J connectivity index is 1.63. The highest BCUT2D eigenvalue weighted by Gasteiger charge is 2.20. The Morgan fingerprint density at radius 2 is 1.83 bits per heavy atom. The minimum atomic E-state index is -0.0859. The van der Waals surface area contributed by atoms with Crippen molar-refractivity contribution >= 4 is 11.8 Å². The van der Waals surface area contributed by atoms with Gasteiger partial charge in [0.2, 0.25) is 5.91 Å². The average Bonchev–Trinajstić information content (AvgIpc) is 3.15. The molecule has 0 saturated carbocycles. The molecule has 5 nitrogen and oxygen atoms in total. The van der Waals surface area contributed by atoms with E-state index in [4.69, 9.17) is 0 Å². The standard InChI is InChI=1S/C24H31N3O2/c1-3-26(4-2)18-22-11-6-5-10-21(22)16-25-24(29)20-12-7-9-19(15-20)17-27-14-8-13-23(27)28/h5-7,9-12,15H,3-4,8,13-14,16-18H2,1-2H3,(H,25,29). The number of hydrogen-bond donors (Lipinski definition) is 1. The Morgan fingerprint density at radius 3 is 2.52 bits per heavy atom. The van der Waals surface area contributed by atoms with Gasteiger partial charge in [0.15, 0.2) is 0 Å². The summed E-state index contributed by atoms with van der Waals surface area (Å²) in [4.78, 5) is 28.8. The Kier molecular flexibility index (Phi) is 7.42. The first-order valence-electron chi connectivity index (χ1n) is 10.5. The van der Waals surface area contributed by atoms with Crippen LogP contribution in [0.2, 0.25) is 0 Å². The molecule has 2 aromatic carbocycles. The first-order valence-corrected chi connectivity index (χ1v) is 10.5. The second kappa shape index (κ2) is 10.2. The van der Waals surface area contributed by atoms with Crippen molar-refractivity contribution in [1.82, 2.24) is 15.1 Å². The van der Waals surface area contributed by atoms with Gasteiger partial charge in [-0.1, -0.05) is 50.2 Å². The maximum Gasteiger partial charge on any atom is 0.251 e. The molecule has 1 aliphatic heterocycles. The fourth-order valence-corrected chi connectivity index (χ4v) is 3.75. The zero-order chi connectivity index (χ0) is 20.6. The summed E-state index contributed by atoms with van der Waals surface area (Å²) in [5.41, 5.74) is 4.02. The number of hydrogen-bond acceptors (Lipinski definition) is 3. The molecule has 0 aliphatic carbocycles. The van der Waals surface area contributed by atoms with Crippen molar-refractivity contribution in [3.8, 4) is 0 Å². The number of benzene rings is 2. The predicted octanol–water partition coefficient (Wildman–Crippen LogP) is 3.58. The summed E-state index contributed by atoms with van der Waals surface area (Å²) in [6.07, 6.45) is 1.55. The Labute approximate surface area is 173 Å². The molecular weight excluding hydrogens is 362 g/mol. The van der Waals surface area contributed by atoms with Crippen LogP contribution in [0.4, 0.5) is 0 Å². The van der Waals surface area contributed by atoms with Crippen LogP contribution in [0.25, 0.3) is 0 Å². The summed E-state index contributed by atoms with van der Waals surface area (Å²) >= 11 is 0. The third-order valence-corrected chi connectivity index (χ3v) is 5.58. The molecule has 1 heterocycles. The van der Waals surface area contributed by atoms with Crippen molar-refractivity contribution < 1.29 is 9.59 Å². The van der Waals surface area contributed by atoms with E-state index >= 15 is 0 Å². The third-order valence-electron chi connectivity index (χ3n) is 5.58.